The van der Waals surface area contributed by atoms with Crippen LogP contribution in [0.5, 0.6) is 5.75 Å². The van der Waals surface area contributed by atoms with Gasteiger partial charge in [-0.15, -0.1) is 0 Å². The number of carbonyl (C=O) groups is 1. The number of benzene rings is 2. The third-order valence-corrected chi connectivity index (χ3v) is 4.50. The molecule has 5 heteroatoms. The first-order valence-electron chi connectivity index (χ1n) is 8.29. The summed E-state index contributed by atoms with van der Waals surface area (Å²) in [6.45, 7) is 0.659. The normalized spacial score (nSPS) is 11.0. The van der Waals surface area contributed by atoms with Crippen molar-refractivity contribution in [3.8, 4) is 5.75 Å². The summed E-state index contributed by atoms with van der Waals surface area (Å²) in [5.74, 6) is 0.438. The van der Waals surface area contributed by atoms with E-state index in [1.165, 1.54) is 7.11 Å². The highest BCUT2D eigenvalue weighted by atomic mass is 16.5. The summed E-state index contributed by atoms with van der Waals surface area (Å²) in [5, 5.41) is 2.00. The molecule has 5 nitrogen and oxygen atoms in total. The van der Waals surface area contributed by atoms with E-state index in [4.69, 9.17) is 9.47 Å². The topological polar surface area (TPSA) is 53.3 Å². The van der Waals surface area contributed by atoms with Gasteiger partial charge in [-0.25, -0.2) is 9.78 Å². The fourth-order valence-corrected chi connectivity index (χ4v) is 3.26. The van der Waals surface area contributed by atoms with Gasteiger partial charge in [-0.1, -0.05) is 30.3 Å². The number of pyridine rings is 1. The molecule has 0 N–H and O–H groups in total. The van der Waals surface area contributed by atoms with Crippen LogP contribution in [0.3, 0.4) is 0 Å². The molecule has 0 atom stereocenters. The van der Waals surface area contributed by atoms with Gasteiger partial charge in [0.15, 0.2) is 0 Å². The molecule has 0 saturated carbocycles. The SMILES string of the molecule is COC(=O)c1cnc2c(c1)c1ccccc1n2Cc1cccc(OC)c1. The van der Waals surface area contributed by atoms with Gasteiger partial charge in [0.1, 0.15) is 11.4 Å². The Labute approximate surface area is 150 Å². The van der Waals surface area contributed by atoms with E-state index < -0.39 is 0 Å². The number of carbonyl (C=O) groups excluding carboxylic acids is 1. The van der Waals surface area contributed by atoms with Gasteiger partial charge >= 0.3 is 5.97 Å². The number of fused-ring (bicyclic) bond motifs is 3. The second-order valence-electron chi connectivity index (χ2n) is 6.04. The maximum Gasteiger partial charge on any atom is 0.339 e. The minimum absolute atomic E-state index is 0.385. The maximum absolute atomic E-state index is 11.9. The van der Waals surface area contributed by atoms with Gasteiger partial charge in [-0.2, -0.15) is 0 Å². The Bertz CT molecular complexity index is 1110. The lowest BCUT2D eigenvalue weighted by atomic mass is 10.1. The van der Waals surface area contributed by atoms with Gasteiger partial charge in [0.2, 0.25) is 0 Å². The lowest BCUT2D eigenvalue weighted by Crippen LogP contribution is -2.04. The van der Waals surface area contributed by atoms with Crippen molar-refractivity contribution in [1.82, 2.24) is 9.55 Å². The van der Waals surface area contributed by atoms with Gasteiger partial charge in [-0.05, 0) is 29.8 Å². The number of para-hydroxylation sites is 1. The first-order chi connectivity index (χ1) is 12.7. The summed E-state index contributed by atoms with van der Waals surface area (Å²) in [5.41, 5.74) is 3.47. The monoisotopic (exact) mass is 346 g/mol. The van der Waals surface area contributed by atoms with E-state index in [1.807, 2.05) is 42.5 Å². The van der Waals surface area contributed by atoms with Crippen LogP contribution in [0.1, 0.15) is 15.9 Å². The molecule has 2 aromatic carbocycles. The number of hydrogen-bond donors (Lipinski definition) is 0. The molecular weight excluding hydrogens is 328 g/mol. The van der Waals surface area contributed by atoms with Crippen LogP contribution in [0.25, 0.3) is 21.9 Å². The molecule has 4 aromatic rings. The molecule has 130 valence electrons. The van der Waals surface area contributed by atoms with E-state index in [-0.39, 0.29) is 5.97 Å². The van der Waals surface area contributed by atoms with Crippen LogP contribution in [-0.2, 0) is 11.3 Å². The average Bonchev–Trinajstić information content (AvgIpc) is 3.01. The minimum Gasteiger partial charge on any atom is -0.497 e. The minimum atomic E-state index is -0.385. The van der Waals surface area contributed by atoms with E-state index in [0.29, 0.717) is 12.1 Å². The Hall–Kier alpha value is -3.34. The summed E-state index contributed by atoms with van der Waals surface area (Å²) in [7, 11) is 3.04. The van der Waals surface area contributed by atoms with Crippen LogP contribution in [0, 0.1) is 0 Å². The summed E-state index contributed by atoms with van der Waals surface area (Å²) >= 11 is 0. The number of ether oxygens (including phenoxy) is 2. The predicted molar refractivity (Wildman–Crippen MR) is 101 cm³/mol. The van der Waals surface area contributed by atoms with Gasteiger partial charge in [0.05, 0.1) is 25.3 Å². The molecule has 0 amide bonds. The molecule has 0 fully saturated rings. The summed E-state index contributed by atoms with van der Waals surface area (Å²) < 4.78 is 12.3. The number of hydrogen-bond acceptors (Lipinski definition) is 4. The third kappa shape index (κ3) is 2.67. The summed E-state index contributed by atoms with van der Waals surface area (Å²) in [4.78, 5) is 16.4. The average molecular weight is 346 g/mol. The Morgan fingerprint density at radius 3 is 2.69 bits per heavy atom. The molecule has 4 rings (SSSR count). The summed E-state index contributed by atoms with van der Waals surface area (Å²) in [6, 6.07) is 17.9. The van der Waals surface area contributed by atoms with E-state index in [2.05, 4.69) is 21.7 Å². The van der Waals surface area contributed by atoms with E-state index in [1.54, 1.807) is 13.3 Å². The summed E-state index contributed by atoms with van der Waals surface area (Å²) in [6.07, 6.45) is 1.56. The van der Waals surface area contributed by atoms with Crippen molar-refractivity contribution < 1.29 is 14.3 Å². The second kappa shape index (κ2) is 6.52. The Morgan fingerprint density at radius 1 is 1.04 bits per heavy atom. The lowest BCUT2D eigenvalue weighted by molar-refractivity contribution is 0.0600. The molecule has 26 heavy (non-hydrogen) atoms. The molecule has 0 saturated heterocycles. The Morgan fingerprint density at radius 2 is 1.88 bits per heavy atom. The van der Waals surface area contributed by atoms with Crippen molar-refractivity contribution in [1.29, 1.82) is 0 Å². The fourth-order valence-electron chi connectivity index (χ4n) is 3.26. The smallest absolute Gasteiger partial charge is 0.339 e. The zero-order chi connectivity index (χ0) is 18.1. The third-order valence-electron chi connectivity index (χ3n) is 4.50. The van der Waals surface area contributed by atoms with E-state index in [9.17, 15) is 4.79 Å². The van der Waals surface area contributed by atoms with Crippen molar-refractivity contribution in [2.75, 3.05) is 14.2 Å². The van der Waals surface area contributed by atoms with Crippen LogP contribution >= 0.6 is 0 Å². The highest BCUT2D eigenvalue weighted by Gasteiger charge is 2.15. The molecule has 2 aromatic heterocycles. The molecule has 0 radical (unpaired) electrons. The van der Waals surface area contributed by atoms with Crippen LogP contribution in [0.15, 0.2) is 60.8 Å². The zero-order valence-corrected chi connectivity index (χ0v) is 14.6. The Kier molecular flexibility index (Phi) is 4.05. The fraction of sp³-hybridized carbons (Fsp3) is 0.143. The largest absolute Gasteiger partial charge is 0.497 e. The molecular formula is C21H18N2O3. The highest BCUT2D eigenvalue weighted by Crippen LogP contribution is 2.29. The van der Waals surface area contributed by atoms with Crippen LogP contribution in [0.2, 0.25) is 0 Å². The van der Waals surface area contributed by atoms with Gasteiger partial charge in [-0.3, -0.25) is 0 Å². The number of aromatic nitrogens is 2. The molecule has 0 spiro atoms. The van der Waals surface area contributed by atoms with Crippen molar-refractivity contribution in [2.24, 2.45) is 0 Å². The molecule has 0 aliphatic rings. The quantitative estimate of drug-likeness (QED) is 0.524. The first-order valence-corrected chi connectivity index (χ1v) is 8.29. The zero-order valence-electron chi connectivity index (χ0n) is 14.6. The van der Waals surface area contributed by atoms with Gasteiger partial charge in [0, 0.05) is 23.5 Å². The van der Waals surface area contributed by atoms with Crippen LogP contribution in [0.4, 0.5) is 0 Å². The van der Waals surface area contributed by atoms with Crippen molar-refractivity contribution in [3.63, 3.8) is 0 Å². The number of methoxy groups -OCH3 is 2. The van der Waals surface area contributed by atoms with Crippen molar-refractivity contribution in [2.45, 2.75) is 6.54 Å². The lowest BCUT2D eigenvalue weighted by Gasteiger charge is -2.09. The molecule has 0 aliphatic heterocycles. The standard InChI is InChI=1S/C21H18N2O3/c1-25-16-7-5-6-14(10-16)13-23-19-9-4-3-8-17(19)18-11-15(21(24)26-2)12-22-20(18)23/h3-12H,13H2,1-2H3. The van der Waals surface area contributed by atoms with Crippen molar-refractivity contribution >= 4 is 27.9 Å². The number of rotatable bonds is 4. The van der Waals surface area contributed by atoms with Crippen LogP contribution < -0.4 is 4.74 Å². The maximum atomic E-state index is 11.9. The van der Waals surface area contributed by atoms with Gasteiger partial charge < -0.3 is 14.0 Å². The molecule has 0 bridgehead atoms. The number of nitrogens with zero attached hydrogens (tertiary/aromatic N) is 2. The van der Waals surface area contributed by atoms with Gasteiger partial charge in [0.25, 0.3) is 0 Å². The second-order valence-corrected chi connectivity index (χ2v) is 6.04. The number of esters is 1. The molecule has 0 aliphatic carbocycles. The molecule has 0 unspecified atom stereocenters. The predicted octanol–water partition coefficient (Wildman–Crippen LogP) is 4.03. The highest BCUT2D eigenvalue weighted by molar-refractivity contribution is 6.08. The van der Waals surface area contributed by atoms with Crippen molar-refractivity contribution in [3.05, 3.63) is 71.9 Å². The van der Waals surface area contributed by atoms with E-state index >= 15 is 0 Å². The Balaban J connectivity index is 1.91. The first kappa shape index (κ1) is 16.1. The molecule has 2 heterocycles. The van der Waals surface area contributed by atoms with E-state index in [0.717, 1.165) is 33.2 Å². The van der Waals surface area contributed by atoms with Crippen LogP contribution in [-0.4, -0.2) is 29.7 Å².